The van der Waals surface area contributed by atoms with E-state index in [1.807, 2.05) is 0 Å². The van der Waals surface area contributed by atoms with Gasteiger partial charge in [0, 0.05) is 25.5 Å². The third-order valence-electron chi connectivity index (χ3n) is 5.25. The number of aromatic nitrogens is 2. The maximum Gasteiger partial charge on any atom is 0.407 e. The number of ether oxygens (including phenoxy) is 1. The first-order chi connectivity index (χ1) is 14.7. The van der Waals surface area contributed by atoms with E-state index in [-0.39, 0.29) is 37.5 Å². The molecule has 0 aliphatic carbocycles. The number of amides is 1. The van der Waals surface area contributed by atoms with E-state index in [0.29, 0.717) is 11.3 Å². The van der Waals surface area contributed by atoms with Crippen molar-refractivity contribution in [1.29, 1.82) is 0 Å². The minimum Gasteiger partial charge on any atom is -0.465 e. The Balaban J connectivity index is 1.84. The van der Waals surface area contributed by atoms with Gasteiger partial charge in [-0.15, -0.1) is 0 Å². The zero-order valence-corrected chi connectivity index (χ0v) is 16.8. The molecule has 0 radical (unpaired) electrons. The largest absolute Gasteiger partial charge is 0.465 e. The van der Waals surface area contributed by atoms with Crippen molar-refractivity contribution >= 4 is 17.7 Å². The number of pyridine rings is 1. The summed E-state index contributed by atoms with van der Waals surface area (Å²) in [6, 6.07) is 3.90. The van der Waals surface area contributed by atoms with Crippen LogP contribution in [0.25, 0.3) is 0 Å². The Morgan fingerprint density at radius 3 is 2.84 bits per heavy atom. The maximum atomic E-state index is 13.3. The lowest BCUT2D eigenvalue weighted by Crippen LogP contribution is -2.44. The van der Waals surface area contributed by atoms with Gasteiger partial charge in [-0.3, -0.25) is 9.88 Å². The number of nitrogens with one attached hydrogen (secondary N) is 2. The van der Waals surface area contributed by atoms with Crippen LogP contribution in [0, 0.1) is 5.92 Å². The molecule has 8 nitrogen and oxygen atoms in total. The van der Waals surface area contributed by atoms with Crippen LogP contribution in [0.15, 0.2) is 30.6 Å². The third kappa shape index (κ3) is 5.09. The van der Waals surface area contributed by atoms with Crippen LogP contribution in [0.3, 0.4) is 0 Å². The summed E-state index contributed by atoms with van der Waals surface area (Å²) in [5.74, 6) is -2.14. The van der Waals surface area contributed by atoms with Gasteiger partial charge in [0.2, 0.25) is 0 Å². The molecule has 0 unspecified atom stereocenters. The summed E-state index contributed by atoms with van der Waals surface area (Å²) in [5.41, 5.74) is 1.48. The number of hydrogen-bond donors (Lipinski definition) is 3. The van der Waals surface area contributed by atoms with E-state index in [1.54, 1.807) is 31.3 Å². The van der Waals surface area contributed by atoms with Crippen LogP contribution in [-0.2, 0) is 11.3 Å². The van der Waals surface area contributed by atoms with Gasteiger partial charge in [-0.1, -0.05) is 6.07 Å². The van der Waals surface area contributed by atoms with Crippen molar-refractivity contribution in [1.82, 2.24) is 14.9 Å². The summed E-state index contributed by atoms with van der Waals surface area (Å²) in [4.78, 5) is 31.7. The van der Waals surface area contributed by atoms with Gasteiger partial charge in [0.05, 0.1) is 29.9 Å². The molecule has 1 saturated heterocycles. The number of esters is 1. The maximum absolute atomic E-state index is 13.3. The van der Waals surface area contributed by atoms with Crippen molar-refractivity contribution < 1.29 is 32.6 Å². The summed E-state index contributed by atoms with van der Waals surface area (Å²) in [7, 11) is 0. The Morgan fingerprint density at radius 1 is 1.39 bits per heavy atom. The predicted molar refractivity (Wildman–Crippen MR) is 105 cm³/mol. The molecule has 11 heteroatoms. The van der Waals surface area contributed by atoms with Crippen LogP contribution in [0.4, 0.5) is 23.7 Å². The molecule has 3 heterocycles. The van der Waals surface area contributed by atoms with Crippen molar-refractivity contribution in [3.8, 4) is 0 Å². The zero-order chi connectivity index (χ0) is 22.6. The number of aromatic amines is 1. The molecule has 1 aliphatic heterocycles. The Hall–Kier alpha value is -3.24. The van der Waals surface area contributed by atoms with Crippen LogP contribution in [-0.4, -0.2) is 51.4 Å². The topological polar surface area (TPSA) is 108 Å². The predicted octanol–water partition coefficient (Wildman–Crippen LogP) is 4.19. The van der Waals surface area contributed by atoms with E-state index in [0.717, 1.165) is 4.90 Å². The molecule has 1 amide bonds. The Kier molecular flexibility index (Phi) is 6.71. The first-order valence-electron chi connectivity index (χ1n) is 9.80. The number of H-pyrrole nitrogens is 1. The average Bonchev–Trinajstić information content (AvgIpc) is 3.20. The minimum absolute atomic E-state index is 0.133. The van der Waals surface area contributed by atoms with Crippen LogP contribution in [0.1, 0.15) is 47.6 Å². The fourth-order valence-corrected chi connectivity index (χ4v) is 3.73. The number of alkyl halides is 3. The van der Waals surface area contributed by atoms with E-state index in [1.165, 1.54) is 6.20 Å². The van der Waals surface area contributed by atoms with Gasteiger partial charge in [-0.2, -0.15) is 13.2 Å². The molecule has 168 valence electrons. The summed E-state index contributed by atoms with van der Waals surface area (Å²) in [5, 5.41) is 12.6. The normalized spacial score (nSPS) is 19.2. The van der Waals surface area contributed by atoms with Gasteiger partial charge in [-0.25, -0.2) is 9.59 Å². The highest BCUT2D eigenvalue weighted by Gasteiger charge is 2.46. The van der Waals surface area contributed by atoms with Gasteiger partial charge in [-0.05, 0) is 37.5 Å². The summed E-state index contributed by atoms with van der Waals surface area (Å²) in [6.07, 6.45) is -3.38. The van der Waals surface area contributed by atoms with Gasteiger partial charge >= 0.3 is 18.2 Å². The first-order valence-corrected chi connectivity index (χ1v) is 9.80. The zero-order valence-electron chi connectivity index (χ0n) is 16.8. The second-order valence-corrected chi connectivity index (χ2v) is 7.14. The van der Waals surface area contributed by atoms with Crippen LogP contribution < -0.4 is 5.32 Å². The average molecular weight is 440 g/mol. The number of halogens is 3. The molecule has 0 spiro atoms. The lowest BCUT2D eigenvalue weighted by Gasteiger charge is -2.38. The Bertz CT molecular complexity index is 931. The highest BCUT2D eigenvalue weighted by Crippen LogP contribution is 2.42. The number of rotatable bonds is 6. The van der Waals surface area contributed by atoms with Crippen molar-refractivity contribution in [2.24, 2.45) is 5.92 Å². The first kappa shape index (κ1) is 22.4. The molecular formula is C20H23F3N4O4. The molecule has 0 saturated carbocycles. The molecule has 0 aromatic carbocycles. The lowest BCUT2D eigenvalue weighted by molar-refractivity contribution is -0.188. The summed E-state index contributed by atoms with van der Waals surface area (Å²) >= 11 is 0. The van der Waals surface area contributed by atoms with Gasteiger partial charge in [0.15, 0.2) is 0 Å². The number of carbonyl (C=O) groups excluding carboxylic acids is 1. The van der Waals surface area contributed by atoms with Crippen molar-refractivity contribution in [3.05, 3.63) is 47.5 Å². The Labute approximate surface area is 176 Å². The van der Waals surface area contributed by atoms with Crippen LogP contribution in [0.5, 0.6) is 0 Å². The van der Waals surface area contributed by atoms with Crippen molar-refractivity contribution in [2.75, 3.05) is 18.5 Å². The summed E-state index contributed by atoms with van der Waals surface area (Å²) < 4.78 is 45.0. The minimum atomic E-state index is -4.41. The fourth-order valence-electron chi connectivity index (χ4n) is 3.73. The standard InChI is InChI=1S/C20H23F3N4O4/c1-2-31-18(28)17-14(5-8-25-17)26-11-12-4-3-7-24-16(12)15-10-13(20(21,22)23)6-9-27(15)19(29)30/h3-5,7-8,13,15,25-26H,2,6,9-11H2,1H3,(H,29,30)/t13-,15-/m1/s1. The molecule has 3 N–H and O–H groups in total. The number of anilines is 1. The quantitative estimate of drug-likeness (QED) is 0.582. The van der Waals surface area contributed by atoms with Gasteiger partial charge in [0.25, 0.3) is 0 Å². The lowest BCUT2D eigenvalue weighted by atomic mass is 9.87. The molecular weight excluding hydrogens is 417 g/mol. The number of hydrogen-bond acceptors (Lipinski definition) is 5. The molecule has 1 aliphatic rings. The second kappa shape index (κ2) is 9.27. The molecule has 31 heavy (non-hydrogen) atoms. The number of likely N-dealkylation sites (tertiary alicyclic amines) is 1. The molecule has 1 fully saturated rings. The van der Waals surface area contributed by atoms with Crippen molar-refractivity contribution in [2.45, 2.75) is 38.5 Å². The molecule has 2 aromatic heterocycles. The third-order valence-corrected chi connectivity index (χ3v) is 5.25. The second-order valence-electron chi connectivity index (χ2n) is 7.14. The number of nitrogens with zero attached hydrogens (tertiary/aromatic N) is 2. The number of carboxylic acid groups (broad SMARTS) is 1. The van der Waals surface area contributed by atoms with E-state index < -0.39 is 36.6 Å². The van der Waals surface area contributed by atoms with E-state index >= 15 is 0 Å². The molecule has 2 atom stereocenters. The fraction of sp³-hybridized carbons (Fsp3) is 0.450. The Morgan fingerprint density at radius 2 is 2.16 bits per heavy atom. The van der Waals surface area contributed by atoms with E-state index in [4.69, 9.17) is 4.74 Å². The van der Waals surface area contributed by atoms with E-state index in [9.17, 15) is 27.9 Å². The highest BCUT2D eigenvalue weighted by molar-refractivity contribution is 5.93. The molecule has 0 bridgehead atoms. The van der Waals surface area contributed by atoms with Crippen LogP contribution in [0.2, 0.25) is 0 Å². The number of carbonyl (C=O) groups is 2. The SMILES string of the molecule is CCOC(=O)c1[nH]ccc1NCc1cccnc1[C@H]1C[C@H](C(F)(F)F)CCN1C(=O)O. The smallest absolute Gasteiger partial charge is 0.407 e. The van der Waals surface area contributed by atoms with E-state index in [2.05, 4.69) is 15.3 Å². The van der Waals surface area contributed by atoms with Gasteiger partial charge < -0.3 is 20.1 Å². The van der Waals surface area contributed by atoms with Gasteiger partial charge in [0.1, 0.15) is 5.69 Å². The monoisotopic (exact) mass is 440 g/mol. The number of piperidine rings is 1. The van der Waals surface area contributed by atoms with Crippen LogP contribution >= 0.6 is 0 Å². The van der Waals surface area contributed by atoms with Crippen molar-refractivity contribution in [3.63, 3.8) is 0 Å². The highest BCUT2D eigenvalue weighted by atomic mass is 19.4. The molecule has 3 rings (SSSR count). The molecule has 2 aromatic rings. The summed E-state index contributed by atoms with van der Waals surface area (Å²) in [6.45, 7) is 1.80.